The second kappa shape index (κ2) is 7.72. The highest BCUT2D eigenvalue weighted by Gasteiger charge is 2.28. The van der Waals surface area contributed by atoms with Crippen molar-refractivity contribution in [1.29, 1.82) is 0 Å². The fourth-order valence-electron chi connectivity index (χ4n) is 3.47. The molecule has 1 aliphatic carbocycles. The van der Waals surface area contributed by atoms with E-state index in [1.807, 2.05) is 0 Å². The quantitative estimate of drug-likeness (QED) is 0.857. The van der Waals surface area contributed by atoms with E-state index in [9.17, 15) is 9.59 Å². The first-order valence-corrected chi connectivity index (χ1v) is 9.00. The molecule has 3 rings (SSSR count). The lowest BCUT2D eigenvalue weighted by Crippen LogP contribution is -2.28. The smallest absolute Gasteiger partial charge is 0.256 e. The molecule has 0 radical (unpaired) electrons. The maximum atomic E-state index is 12.9. The predicted octanol–water partition coefficient (Wildman–Crippen LogP) is 2.08. The van der Waals surface area contributed by atoms with E-state index in [1.165, 1.54) is 23.9 Å². The maximum absolute atomic E-state index is 12.9. The predicted molar refractivity (Wildman–Crippen MR) is 97.7 cm³/mol. The van der Waals surface area contributed by atoms with E-state index in [0.29, 0.717) is 17.3 Å². The molecule has 1 saturated carbocycles. The van der Waals surface area contributed by atoms with E-state index < -0.39 is 6.04 Å². The fourth-order valence-corrected chi connectivity index (χ4v) is 3.47. The number of nitrogens with one attached hydrogen (secondary N) is 1. The van der Waals surface area contributed by atoms with Gasteiger partial charge in [-0.25, -0.2) is 0 Å². The van der Waals surface area contributed by atoms with Gasteiger partial charge in [0.15, 0.2) is 5.82 Å². The molecule has 140 valence electrons. The molecule has 2 aromatic heterocycles. The normalized spacial score (nSPS) is 15.8. The summed E-state index contributed by atoms with van der Waals surface area (Å²) in [6.07, 6.45) is 10.4. The van der Waals surface area contributed by atoms with Crippen molar-refractivity contribution in [2.75, 3.05) is 19.4 Å². The number of hydrogen-bond acceptors (Lipinski definition) is 4. The van der Waals surface area contributed by atoms with Crippen LogP contribution in [0.15, 0.2) is 24.7 Å². The molecule has 1 N–H and O–H groups in total. The summed E-state index contributed by atoms with van der Waals surface area (Å²) in [6, 6.07) is 1.30. The lowest BCUT2D eigenvalue weighted by atomic mass is 9.98. The van der Waals surface area contributed by atoms with E-state index in [0.717, 1.165) is 19.3 Å². The number of nitrogens with zero attached hydrogens (tertiary/aromatic N) is 5. The number of aromatic nitrogens is 4. The van der Waals surface area contributed by atoms with Crippen LogP contribution in [0, 0.1) is 5.92 Å². The molecule has 0 unspecified atom stereocenters. The molecule has 2 aromatic rings. The van der Waals surface area contributed by atoms with Crippen LogP contribution in [0.3, 0.4) is 0 Å². The molecule has 1 atom stereocenters. The lowest BCUT2D eigenvalue weighted by Gasteiger charge is -2.20. The summed E-state index contributed by atoms with van der Waals surface area (Å²) >= 11 is 0. The molecule has 1 fully saturated rings. The van der Waals surface area contributed by atoms with E-state index >= 15 is 0 Å². The second-order valence-electron chi connectivity index (χ2n) is 7.17. The molecule has 8 nitrogen and oxygen atoms in total. The van der Waals surface area contributed by atoms with Crippen LogP contribution in [0.2, 0.25) is 0 Å². The molecule has 0 spiro atoms. The zero-order valence-corrected chi connectivity index (χ0v) is 15.6. The van der Waals surface area contributed by atoms with Crippen LogP contribution in [-0.4, -0.2) is 50.4 Å². The summed E-state index contributed by atoms with van der Waals surface area (Å²) in [6.45, 7) is 0. The molecule has 0 bridgehead atoms. The molecule has 8 heteroatoms. The topological polar surface area (TPSA) is 85.0 Å². The van der Waals surface area contributed by atoms with Crippen LogP contribution < -0.4 is 5.32 Å². The summed E-state index contributed by atoms with van der Waals surface area (Å²) < 4.78 is 3.26. The molecule has 0 aromatic carbocycles. The van der Waals surface area contributed by atoms with Crippen molar-refractivity contribution in [2.24, 2.45) is 13.0 Å². The van der Waals surface area contributed by atoms with Crippen molar-refractivity contribution >= 4 is 17.6 Å². The zero-order chi connectivity index (χ0) is 18.7. The van der Waals surface area contributed by atoms with Gasteiger partial charge in [-0.1, -0.05) is 25.7 Å². The van der Waals surface area contributed by atoms with E-state index in [2.05, 4.69) is 15.5 Å². The van der Waals surface area contributed by atoms with Crippen molar-refractivity contribution in [2.45, 2.75) is 38.1 Å². The third kappa shape index (κ3) is 4.12. The number of carbonyl (C=O) groups excluding carboxylic acids is 2. The van der Waals surface area contributed by atoms with Gasteiger partial charge in [0, 0.05) is 39.6 Å². The van der Waals surface area contributed by atoms with Gasteiger partial charge in [-0.3, -0.25) is 19.0 Å². The van der Waals surface area contributed by atoms with E-state index in [4.69, 9.17) is 0 Å². The Morgan fingerprint density at radius 3 is 2.69 bits per heavy atom. The lowest BCUT2D eigenvalue weighted by molar-refractivity contribution is -0.120. The van der Waals surface area contributed by atoms with Crippen LogP contribution in [0.4, 0.5) is 5.82 Å². The minimum absolute atomic E-state index is 0.124. The number of rotatable bonds is 6. The van der Waals surface area contributed by atoms with Crippen molar-refractivity contribution in [3.63, 3.8) is 0 Å². The SMILES string of the molecule is CN(C)C(=O)c1cnn([C@@H](CC2CCCC2)C(=O)Nc2ccn(C)n2)c1. The first kappa shape index (κ1) is 18.2. The van der Waals surface area contributed by atoms with E-state index in [1.54, 1.807) is 49.0 Å². The average Bonchev–Trinajstić information content (AvgIpc) is 3.33. The average molecular weight is 358 g/mol. The zero-order valence-electron chi connectivity index (χ0n) is 15.6. The summed E-state index contributed by atoms with van der Waals surface area (Å²) in [5.41, 5.74) is 0.483. The monoisotopic (exact) mass is 358 g/mol. The number of carbonyl (C=O) groups is 2. The number of hydrogen-bond donors (Lipinski definition) is 1. The minimum atomic E-state index is -0.455. The van der Waals surface area contributed by atoms with Gasteiger partial charge < -0.3 is 10.2 Å². The fraction of sp³-hybridized carbons (Fsp3) is 0.556. The van der Waals surface area contributed by atoms with Crippen molar-refractivity contribution < 1.29 is 9.59 Å². The Morgan fingerprint density at radius 2 is 2.08 bits per heavy atom. The Hall–Kier alpha value is -2.64. The third-order valence-electron chi connectivity index (χ3n) is 4.87. The second-order valence-corrected chi connectivity index (χ2v) is 7.17. The van der Waals surface area contributed by atoms with Crippen molar-refractivity contribution in [3.05, 3.63) is 30.2 Å². The van der Waals surface area contributed by atoms with Gasteiger partial charge in [-0.05, 0) is 12.3 Å². The van der Waals surface area contributed by atoms with Gasteiger partial charge in [-0.2, -0.15) is 10.2 Å². The Morgan fingerprint density at radius 1 is 1.35 bits per heavy atom. The van der Waals surface area contributed by atoms with Crippen LogP contribution in [0.1, 0.15) is 48.5 Å². The molecular formula is C18H26N6O2. The highest BCUT2D eigenvalue weighted by atomic mass is 16.2. The molecule has 2 heterocycles. The van der Waals surface area contributed by atoms with Crippen LogP contribution in [0.25, 0.3) is 0 Å². The standard InChI is InChI=1S/C18H26N6O2/c1-22(2)18(26)14-11-19-24(12-14)15(10-13-6-4-5-7-13)17(25)20-16-8-9-23(3)21-16/h8-9,11-13,15H,4-7,10H2,1-3H3,(H,20,21,25)/t15-/m0/s1. The summed E-state index contributed by atoms with van der Waals surface area (Å²) in [5, 5.41) is 11.4. The van der Waals surface area contributed by atoms with Gasteiger partial charge >= 0.3 is 0 Å². The molecule has 2 amide bonds. The summed E-state index contributed by atoms with van der Waals surface area (Å²) in [4.78, 5) is 26.6. The molecule has 0 saturated heterocycles. The third-order valence-corrected chi connectivity index (χ3v) is 4.87. The first-order chi connectivity index (χ1) is 12.4. The van der Waals surface area contributed by atoms with Crippen LogP contribution in [0.5, 0.6) is 0 Å². The number of anilines is 1. The number of aryl methyl sites for hydroxylation is 1. The Balaban J connectivity index is 1.80. The van der Waals surface area contributed by atoms with E-state index in [-0.39, 0.29) is 11.8 Å². The Labute approximate surface area is 153 Å². The highest BCUT2D eigenvalue weighted by molar-refractivity contribution is 5.94. The molecular weight excluding hydrogens is 332 g/mol. The van der Waals surface area contributed by atoms with Gasteiger partial charge in [0.25, 0.3) is 5.91 Å². The largest absolute Gasteiger partial charge is 0.345 e. The Bertz CT molecular complexity index is 772. The summed E-state index contributed by atoms with van der Waals surface area (Å²) in [7, 11) is 5.20. The number of amides is 2. The van der Waals surface area contributed by atoms with Crippen molar-refractivity contribution in [1.82, 2.24) is 24.5 Å². The summed E-state index contributed by atoms with van der Waals surface area (Å²) in [5.74, 6) is 0.751. The minimum Gasteiger partial charge on any atom is -0.345 e. The maximum Gasteiger partial charge on any atom is 0.256 e. The Kier molecular flexibility index (Phi) is 5.39. The van der Waals surface area contributed by atoms with Gasteiger partial charge in [0.1, 0.15) is 6.04 Å². The molecule has 1 aliphatic rings. The molecule has 0 aliphatic heterocycles. The first-order valence-electron chi connectivity index (χ1n) is 9.00. The van der Waals surface area contributed by atoms with Crippen molar-refractivity contribution in [3.8, 4) is 0 Å². The van der Waals surface area contributed by atoms with Gasteiger partial charge in [-0.15, -0.1) is 0 Å². The molecule has 26 heavy (non-hydrogen) atoms. The van der Waals surface area contributed by atoms with Crippen LogP contribution in [-0.2, 0) is 11.8 Å². The highest BCUT2D eigenvalue weighted by Crippen LogP contribution is 2.32. The van der Waals surface area contributed by atoms with Gasteiger partial charge in [0.05, 0.1) is 11.8 Å². The van der Waals surface area contributed by atoms with Gasteiger partial charge in [0.2, 0.25) is 5.91 Å². The van der Waals surface area contributed by atoms with Crippen LogP contribution >= 0.6 is 0 Å².